The highest BCUT2D eigenvalue weighted by Gasteiger charge is 2.15. The lowest BCUT2D eigenvalue weighted by molar-refractivity contribution is 0.103. The van der Waals surface area contributed by atoms with E-state index in [1.165, 1.54) is 23.3 Å². The third-order valence-corrected chi connectivity index (χ3v) is 3.62. The van der Waals surface area contributed by atoms with Crippen LogP contribution in [0.3, 0.4) is 0 Å². The Bertz CT molecular complexity index is 664. The van der Waals surface area contributed by atoms with Gasteiger partial charge >= 0.3 is 0 Å². The highest BCUT2D eigenvalue weighted by atomic mass is 19.1. The minimum absolute atomic E-state index is 0.0607. The molecule has 0 heterocycles. The van der Waals surface area contributed by atoms with E-state index >= 15 is 0 Å². The second-order valence-corrected chi connectivity index (χ2v) is 4.90. The highest BCUT2D eigenvalue weighted by Crippen LogP contribution is 2.24. The topological polar surface area (TPSA) is 43.1 Å². The summed E-state index contributed by atoms with van der Waals surface area (Å²) in [5.41, 5.74) is 8.99. The van der Waals surface area contributed by atoms with Crippen molar-refractivity contribution in [3.05, 3.63) is 64.5 Å². The fourth-order valence-electron chi connectivity index (χ4n) is 2.55. The molecule has 1 aliphatic carbocycles. The van der Waals surface area contributed by atoms with Crippen molar-refractivity contribution in [2.75, 3.05) is 5.73 Å². The van der Waals surface area contributed by atoms with Gasteiger partial charge in [0.05, 0.1) is 5.69 Å². The molecule has 2 aromatic rings. The van der Waals surface area contributed by atoms with Gasteiger partial charge in [0.15, 0.2) is 5.78 Å². The maximum absolute atomic E-state index is 13.4. The van der Waals surface area contributed by atoms with Gasteiger partial charge in [-0.2, -0.15) is 0 Å². The molecular weight excluding hydrogens is 241 g/mol. The fraction of sp³-hybridized carbons (Fsp3) is 0.188. The zero-order valence-corrected chi connectivity index (χ0v) is 10.4. The van der Waals surface area contributed by atoms with Gasteiger partial charge in [0.25, 0.3) is 0 Å². The lowest BCUT2D eigenvalue weighted by atomic mass is 9.99. The van der Waals surface area contributed by atoms with E-state index in [0.29, 0.717) is 11.1 Å². The first-order valence-electron chi connectivity index (χ1n) is 6.36. The van der Waals surface area contributed by atoms with Crippen molar-refractivity contribution in [1.29, 1.82) is 0 Å². The number of halogens is 1. The van der Waals surface area contributed by atoms with Gasteiger partial charge in [-0.1, -0.05) is 12.1 Å². The maximum Gasteiger partial charge on any atom is 0.193 e. The summed E-state index contributed by atoms with van der Waals surface area (Å²) in [4.78, 5) is 12.3. The first kappa shape index (κ1) is 11.9. The standard InChI is InChI=1S/C16H14FNO/c17-14-9-13(6-7-15(14)18)16(19)12-5-4-10-2-1-3-11(10)8-12/h4-9H,1-3,18H2. The quantitative estimate of drug-likeness (QED) is 0.661. The Morgan fingerprint density at radius 1 is 1.00 bits per heavy atom. The van der Waals surface area contributed by atoms with E-state index < -0.39 is 5.82 Å². The van der Waals surface area contributed by atoms with Crippen molar-refractivity contribution in [3.63, 3.8) is 0 Å². The van der Waals surface area contributed by atoms with E-state index in [9.17, 15) is 9.18 Å². The SMILES string of the molecule is Nc1ccc(C(=O)c2ccc3c(c2)CCC3)cc1F. The van der Waals surface area contributed by atoms with Crippen molar-refractivity contribution in [3.8, 4) is 0 Å². The number of hydrogen-bond donors (Lipinski definition) is 1. The van der Waals surface area contributed by atoms with Crippen molar-refractivity contribution < 1.29 is 9.18 Å². The van der Waals surface area contributed by atoms with E-state index in [1.54, 1.807) is 6.07 Å². The molecular formula is C16H14FNO. The molecule has 0 radical (unpaired) electrons. The molecule has 19 heavy (non-hydrogen) atoms. The summed E-state index contributed by atoms with van der Waals surface area (Å²) in [7, 11) is 0. The molecule has 0 saturated heterocycles. The summed E-state index contributed by atoms with van der Waals surface area (Å²) >= 11 is 0. The van der Waals surface area contributed by atoms with Crippen molar-refractivity contribution in [1.82, 2.24) is 0 Å². The molecule has 0 saturated carbocycles. The zero-order chi connectivity index (χ0) is 13.4. The minimum Gasteiger partial charge on any atom is -0.396 e. The number of benzene rings is 2. The van der Waals surface area contributed by atoms with Gasteiger partial charge in [0.2, 0.25) is 0 Å². The van der Waals surface area contributed by atoms with Crippen LogP contribution in [-0.4, -0.2) is 5.78 Å². The Balaban J connectivity index is 1.97. The first-order chi connectivity index (χ1) is 9.15. The van der Waals surface area contributed by atoms with Crippen LogP contribution in [0.5, 0.6) is 0 Å². The van der Waals surface area contributed by atoms with Crippen LogP contribution < -0.4 is 5.73 Å². The number of rotatable bonds is 2. The lowest BCUT2D eigenvalue weighted by Gasteiger charge is -2.05. The van der Waals surface area contributed by atoms with Gasteiger partial charge in [-0.15, -0.1) is 0 Å². The number of carbonyl (C=O) groups is 1. The molecule has 96 valence electrons. The highest BCUT2D eigenvalue weighted by molar-refractivity contribution is 6.09. The molecule has 1 aliphatic rings. The Labute approximate surface area is 111 Å². The van der Waals surface area contributed by atoms with Crippen LogP contribution in [0.2, 0.25) is 0 Å². The number of nitrogen functional groups attached to an aromatic ring is 1. The summed E-state index contributed by atoms with van der Waals surface area (Å²) in [6, 6.07) is 9.94. The van der Waals surface area contributed by atoms with Gasteiger partial charge in [-0.3, -0.25) is 4.79 Å². The molecule has 0 aromatic heterocycles. The van der Waals surface area contributed by atoms with Crippen LogP contribution in [0, 0.1) is 5.82 Å². The zero-order valence-electron chi connectivity index (χ0n) is 10.4. The van der Waals surface area contributed by atoms with E-state index in [-0.39, 0.29) is 11.5 Å². The lowest BCUT2D eigenvalue weighted by Crippen LogP contribution is -2.04. The Morgan fingerprint density at radius 3 is 2.47 bits per heavy atom. The van der Waals surface area contributed by atoms with Gasteiger partial charge in [-0.05, 0) is 54.7 Å². The number of hydrogen-bond acceptors (Lipinski definition) is 2. The predicted molar refractivity (Wildman–Crippen MR) is 72.7 cm³/mol. The predicted octanol–water partition coefficient (Wildman–Crippen LogP) is 3.13. The molecule has 2 aromatic carbocycles. The van der Waals surface area contributed by atoms with Gasteiger partial charge in [0, 0.05) is 11.1 Å². The third kappa shape index (κ3) is 2.12. The van der Waals surface area contributed by atoms with Crippen molar-refractivity contribution in [2.45, 2.75) is 19.3 Å². The average molecular weight is 255 g/mol. The van der Waals surface area contributed by atoms with Crippen LogP contribution in [0.15, 0.2) is 36.4 Å². The molecule has 3 heteroatoms. The van der Waals surface area contributed by atoms with Crippen LogP contribution in [0.1, 0.15) is 33.5 Å². The number of aryl methyl sites for hydroxylation is 2. The smallest absolute Gasteiger partial charge is 0.193 e. The summed E-state index contributed by atoms with van der Waals surface area (Å²) < 4.78 is 13.4. The average Bonchev–Trinajstić information content (AvgIpc) is 2.88. The summed E-state index contributed by atoms with van der Waals surface area (Å²) in [5, 5.41) is 0. The molecule has 0 spiro atoms. The molecule has 0 bridgehead atoms. The van der Waals surface area contributed by atoms with E-state index in [4.69, 9.17) is 5.73 Å². The number of nitrogens with two attached hydrogens (primary N) is 1. The van der Waals surface area contributed by atoms with E-state index in [1.807, 2.05) is 18.2 Å². The summed E-state index contributed by atoms with van der Waals surface area (Å²) in [6.45, 7) is 0. The van der Waals surface area contributed by atoms with Gasteiger partial charge in [0.1, 0.15) is 5.82 Å². The van der Waals surface area contributed by atoms with Crippen LogP contribution in [-0.2, 0) is 12.8 Å². The summed E-state index contributed by atoms with van der Waals surface area (Å²) in [6.07, 6.45) is 3.25. The van der Waals surface area contributed by atoms with Crippen LogP contribution in [0.25, 0.3) is 0 Å². The monoisotopic (exact) mass is 255 g/mol. The Hall–Kier alpha value is -2.16. The Kier molecular flexibility index (Phi) is 2.82. The maximum atomic E-state index is 13.4. The fourth-order valence-corrected chi connectivity index (χ4v) is 2.55. The molecule has 0 aliphatic heterocycles. The van der Waals surface area contributed by atoms with Gasteiger partial charge < -0.3 is 5.73 Å². The van der Waals surface area contributed by atoms with Crippen molar-refractivity contribution >= 4 is 11.5 Å². The molecule has 3 rings (SSSR count). The molecule has 2 nitrogen and oxygen atoms in total. The largest absolute Gasteiger partial charge is 0.396 e. The number of ketones is 1. The van der Waals surface area contributed by atoms with Crippen LogP contribution >= 0.6 is 0 Å². The van der Waals surface area contributed by atoms with Crippen LogP contribution in [0.4, 0.5) is 10.1 Å². The first-order valence-corrected chi connectivity index (χ1v) is 6.36. The molecule has 0 atom stereocenters. The van der Waals surface area contributed by atoms with E-state index in [0.717, 1.165) is 19.3 Å². The van der Waals surface area contributed by atoms with Gasteiger partial charge in [-0.25, -0.2) is 4.39 Å². The normalized spacial score (nSPS) is 13.3. The van der Waals surface area contributed by atoms with Crippen molar-refractivity contribution in [2.24, 2.45) is 0 Å². The third-order valence-electron chi connectivity index (χ3n) is 3.62. The second-order valence-electron chi connectivity index (χ2n) is 4.90. The number of carbonyl (C=O) groups excluding carboxylic acids is 1. The minimum atomic E-state index is -0.549. The molecule has 0 unspecified atom stereocenters. The molecule has 0 fully saturated rings. The molecule has 0 amide bonds. The second kappa shape index (κ2) is 4.50. The van der Waals surface area contributed by atoms with E-state index in [2.05, 4.69) is 0 Å². The number of fused-ring (bicyclic) bond motifs is 1. The Morgan fingerprint density at radius 2 is 1.68 bits per heavy atom. The summed E-state index contributed by atoms with van der Waals surface area (Å²) in [5.74, 6) is -0.708. The molecule has 2 N–H and O–H groups in total. The number of anilines is 1.